The van der Waals surface area contributed by atoms with Crippen molar-refractivity contribution < 1.29 is 0 Å². The van der Waals surface area contributed by atoms with E-state index in [1.807, 2.05) is 17.5 Å². The number of thiazole rings is 1. The van der Waals surface area contributed by atoms with Crippen molar-refractivity contribution in [3.63, 3.8) is 0 Å². The summed E-state index contributed by atoms with van der Waals surface area (Å²) in [7, 11) is 0. The van der Waals surface area contributed by atoms with E-state index < -0.39 is 0 Å². The summed E-state index contributed by atoms with van der Waals surface area (Å²) in [6.07, 6.45) is 6.95. The maximum atomic E-state index is 4.36. The van der Waals surface area contributed by atoms with Gasteiger partial charge in [0.2, 0.25) is 0 Å². The Labute approximate surface area is 110 Å². The summed E-state index contributed by atoms with van der Waals surface area (Å²) >= 11 is 1.84. The number of aryl methyl sites for hydroxylation is 1. The Hall–Kier alpha value is -0.410. The van der Waals surface area contributed by atoms with Gasteiger partial charge in [-0.15, -0.1) is 11.3 Å². The fourth-order valence-corrected chi connectivity index (χ4v) is 3.33. The van der Waals surface area contributed by atoms with Crippen LogP contribution in [0.5, 0.6) is 0 Å². The Balaban J connectivity index is 2.56. The van der Waals surface area contributed by atoms with Crippen molar-refractivity contribution >= 4 is 11.3 Å². The molecule has 1 aromatic heterocycles. The highest BCUT2D eigenvalue weighted by Gasteiger charge is 2.24. The molecule has 1 aromatic rings. The van der Waals surface area contributed by atoms with Gasteiger partial charge in [0.1, 0.15) is 0 Å². The lowest BCUT2D eigenvalue weighted by atomic mass is 9.82. The van der Waals surface area contributed by atoms with Gasteiger partial charge in [-0.1, -0.05) is 27.2 Å². The second kappa shape index (κ2) is 7.12. The molecule has 17 heavy (non-hydrogen) atoms. The molecule has 2 nitrogen and oxygen atoms in total. The zero-order valence-corrected chi connectivity index (χ0v) is 12.5. The lowest BCUT2D eigenvalue weighted by Gasteiger charge is -2.29. The molecule has 1 atom stereocenters. The largest absolute Gasteiger partial charge is 0.316 e. The average molecular weight is 254 g/mol. The molecule has 0 aliphatic heterocycles. The minimum Gasteiger partial charge on any atom is -0.316 e. The van der Waals surface area contributed by atoms with Gasteiger partial charge in [-0.3, -0.25) is 0 Å². The van der Waals surface area contributed by atoms with Crippen molar-refractivity contribution in [1.82, 2.24) is 10.3 Å². The van der Waals surface area contributed by atoms with Gasteiger partial charge in [0.25, 0.3) is 0 Å². The van der Waals surface area contributed by atoms with Gasteiger partial charge >= 0.3 is 0 Å². The molecular weight excluding hydrogens is 228 g/mol. The van der Waals surface area contributed by atoms with E-state index in [0.717, 1.165) is 19.5 Å². The fraction of sp³-hybridized carbons (Fsp3) is 0.786. The summed E-state index contributed by atoms with van der Waals surface area (Å²) in [5, 5.41) is 4.75. The first-order chi connectivity index (χ1) is 8.09. The van der Waals surface area contributed by atoms with Crippen LogP contribution in [0, 0.1) is 12.3 Å². The Morgan fingerprint density at radius 3 is 2.65 bits per heavy atom. The molecule has 0 fully saturated rings. The van der Waals surface area contributed by atoms with E-state index in [9.17, 15) is 0 Å². The lowest BCUT2D eigenvalue weighted by molar-refractivity contribution is 0.277. The summed E-state index contributed by atoms with van der Waals surface area (Å²) in [5.74, 6) is 0. The predicted octanol–water partition coefficient (Wildman–Crippen LogP) is 3.80. The van der Waals surface area contributed by atoms with Gasteiger partial charge in [0.05, 0.1) is 5.01 Å². The normalized spacial score (nSPS) is 14.8. The molecule has 1 unspecified atom stereocenters. The Morgan fingerprint density at radius 2 is 2.12 bits per heavy atom. The van der Waals surface area contributed by atoms with Gasteiger partial charge in [-0.2, -0.15) is 0 Å². The quantitative estimate of drug-likeness (QED) is 0.714. The van der Waals surface area contributed by atoms with Crippen LogP contribution >= 0.6 is 11.3 Å². The molecule has 3 heteroatoms. The van der Waals surface area contributed by atoms with E-state index in [-0.39, 0.29) is 0 Å². The van der Waals surface area contributed by atoms with E-state index in [4.69, 9.17) is 0 Å². The van der Waals surface area contributed by atoms with E-state index in [1.165, 1.54) is 29.1 Å². The van der Waals surface area contributed by atoms with Crippen molar-refractivity contribution in [2.45, 2.75) is 53.4 Å². The molecule has 0 aliphatic rings. The second-order valence-corrected chi connectivity index (χ2v) is 6.58. The highest BCUT2D eigenvalue weighted by atomic mass is 32.1. The van der Waals surface area contributed by atoms with Crippen molar-refractivity contribution in [3.05, 3.63) is 16.1 Å². The molecule has 0 amide bonds. The van der Waals surface area contributed by atoms with Gasteiger partial charge in [-0.05, 0) is 38.1 Å². The number of nitrogens with zero attached hydrogens (tertiary/aromatic N) is 1. The summed E-state index contributed by atoms with van der Waals surface area (Å²) in [6, 6.07) is 0. The maximum absolute atomic E-state index is 4.36. The molecule has 0 radical (unpaired) electrons. The SMILES string of the molecule is CCCNCC(C)(CCC)Cc1cnc(C)s1. The van der Waals surface area contributed by atoms with E-state index in [2.05, 4.69) is 38.0 Å². The topological polar surface area (TPSA) is 24.9 Å². The molecule has 1 N–H and O–H groups in total. The monoisotopic (exact) mass is 254 g/mol. The van der Waals surface area contributed by atoms with Gasteiger partial charge < -0.3 is 5.32 Å². The van der Waals surface area contributed by atoms with Crippen LogP contribution in [-0.2, 0) is 6.42 Å². The Morgan fingerprint density at radius 1 is 1.35 bits per heavy atom. The third-order valence-electron chi connectivity index (χ3n) is 3.10. The molecule has 0 bridgehead atoms. The van der Waals surface area contributed by atoms with Crippen LogP contribution < -0.4 is 5.32 Å². The Bertz CT molecular complexity index is 322. The predicted molar refractivity (Wildman–Crippen MR) is 76.7 cm³/mol. The summed E-state index contributed by atoms with van der Waals surface area (Å²) in [4.78, 5) is 5.78. The first-order valence-electron chi connectivity index (χ1n) is 6.71. The highest BCUT2D eigenvalue weighted by molar-refractivity contribution is 7.11. The third kappa shape index (κ3) is 5.17. The van der Waals surface area contributed by atoms with Crippen LogP contribution in [0.25, 0.3) is 0 Å². The first kappa shape index (κ1) is 14.7. The van der Waals surface area contributed by atoms with Gasteiger partial charge in [0, 0.05) is 17.6 Å². The van der Waals surface area contributed by atoms with Crippen molar-refractivity contribution in [3.8, 4) is 0 Å². The molecular formula is C14H26N2S. The number of hydrogen-bond acceptors (Lipinski definition) is 3. The molecule has 0 aliphatic carbocycles. The molecule has 0 saturated carbocycles. The van der Waals surface area contributed by atoms with Crippen LogP contribution in [0.2, 0.25) is 0 Å². The number of aromatic nitrogens is 1. The van der Waals surface area contributed by atoms with Gasteiger partial charge in [-0.25, -0.2) is 4.98 Å². The van der Waals surface area contributed by atoms with Crippen LogP contribution in [0.3, 0.4) is 0 Å². The van der Waals surface area contributed by atoms with E-state index in [1.54, 1.807) is 0 Å². The molecule has 1 rings (SSSR count). The van der Waals surface area contributed by atoms with Crippen molar-refractivity contribution in [2.24, 2.45) is 5.41 Å². The van der Waals surface area contributed by atoms with Crippen LogP contribution in [0.15, 0.2) is 6.20 Å². The maximum Gasteiger partial charge on any atom is 0.0896 e. The zero-order valence-electron chi connectivity index (χ0n) is 11.7. The highest BCUT2D eigenvalue weighted by Crippen LogP contribution is 2.29. The fourth-order valence-electron chi connectivity index (χ4n) is 2.32. The van der Waals surface area contributed by atoms with Crippen molar-refractivity contribution in [1.29, 1.82) is 0 Å². The number of nitrogens with one attached hydrogen (secondary N) is 1. The molecule has 1 heterocycles. The summed E-state index contributed by atoms with van der Waals surface area (Å²) in [6.45, 7) is 11.2. The summed E-state index contributed by atoms with van der Waals surface area (Å²) in [5.41, 5.74) is 0.378. The minimum absolute atomic E-state index is 0.378. The zero-order chi connectivity index (χ0) is 12.7. The number of rotatable bonds is 8. The Kier molecular flexibility index (Phi) is 6.14. The van der Waals surface area contributed by atoms with E-state index >= 15 is 0 Å². The molecule has 0 saturated heterocycles. The molecule has 0 aromatic carbocycles. The van der Waals surface area contributed by atoms with Crippen molar-refractivity contribution in [2.75, 3.05) is 13.1 Å². The third-order valence-corrected chi connectivity index (χ3v) is 4.02. The standard InChI is InChI=1S/C14H26N2S/c1-5-7-14(4,11-15-8-6-2)9-13-10-16-12(3)17-13/h10,15H,5-9,11H2,1-4H3. The average Bonchev–Trinajstić information content (AvgIpc) is 2.64. The lowest BCUT2D eigenvalue weighted by Crippen LogP contribution is -2.34. The van der Waals surface area contributed by atoms with E-state index in [0.29, 0.717) is 5.41 Å². The molecule has 98 valence electrons. The van der Waals surface area contributed by atoms with Crippen LogP contribution in [-0.4, -0.2) is 18.1 Å². The number of hydrogen-bond donors (Lipinski definition) is 1. The van der Waals surface area contributed by atoms with Crippen LogP contribution in [0.1, 0.15) is 49.9 Å². The first-order valence-corrected chi connectivity index (χ1v) is 7.53. The smallest absolute Gasteiger partial charge is 0.0896 e. The minimum atomic E-state index is 0.378. The summed E-state index contributed by atoms with van der Waals surface area (Å²) < 4.78 is 0. The molecule has 0 spiro atoms. The van der Waals surface area contributed by atoms with Gasteiger partial charge in [0.15, 0.2) is 0 Å². The second-order valence-electron chi connectivity index (χ2n) is 5.26. The van der Waals surface area contributed by atoms with Crippen LogP contribution in [0.4, 0.5) is 0 Å².